The predicted molar refractivity (Wildman–Crippen MR) is 64.6 cm³/mol. The zero-order chi connectivity index (χ0) is 12.1. The smallest absolute Gasteiger partial charge is 0.165 e. The number of hydrogen-bond donors (Lipinski definition) is 1. The van der Waals surface area contributed by atoms with Crippen molar-refractivity contribution in [1.29, 1.82) is 0 Å². The molecule has 1 aromatic rings. The highest BCUT2D eigenvalue weighted by molar-refractivity contribution is 5.40. The van der Waals surface area contributed by atoms with E-state index in [9.17, 15) is 4.39 Å². The third-order valence-corrected chi connectivity index (χ3v) is 3.04. The quantitative estimate of drug-likeness (QED) is 0.840. The van der Waals surface area contributed by atoms with Gasteiger partial charge in [0, 0.05) is 45.5 Å². The van der Waals surface area contributed by atoms with Gasteiger partial charge in [-0.2, -0.15) is 0 Å². The Bertz CT molecular complexity index is 353. The van der Waals surface area contributed by atoms with Gasteiger partial charge in [-0.05, 0) is 18.6 Å². The molecule has 0 radical (unpaired) electrons. The number of hydrogen-bond acceptors (Lipinski definition) is 4. The third kappa shape index (κ3) is 3.14. The van der Waals surface area contributed by atoms with Gasteiger partial charge in [-0.15, -0.1) is 0 Å². The number of nitrogens with zero attached hydrogens (tertiary/aromatic N) is 3. The molecule has 2 heterocycles. The molecule has 94 valence electrons. The molecular formula is C12H18FN3O. The fourth-order valence-corrected chi connectivity index (χ4v) is 2.09. The second-order valence-corrected chi connectivity index (χ2v) is 4.21. The van der Waals surface area contributed by atoms with Crippen LogP contribution < -0.4 is 4.90 Å². The van der Waals surface area contributed by atoms with Crippen molar-refractivity contribution in [2.75, 3.05) is 44.2 Å². The minimum Gasteiger partial charge on any atom is -0.396 e. The van der Waals surface area contributed by atoms with Gasteiger partial charge in [0.2, 0.25) is 0 Å². The Labute approximate surface area is 101 Å². The van der Waals surface area contributed by atoms with Crippen LogP contribution in [-0.2, 0) is 0 Å². The molecule has 0 atom stereocenters. The average Bonchev–Trinajstić information content (AvgIpc) is 2.38. The summed E-state index contributed by atoms with van der Waals surface area (Å²) in [4.78, 5) is 8.34. The van der Waals surface area contributed by atoms with Crippen molar-refractivity contribution in [3.05, 3.63) is 24.1 Å². The van der Waals surface area contributed by atoms with Crippen molar-refractivity contribution < 1.29 is 9.50 Å². The van der Waals surface area contributed by atoms with E-state index in [4.69, 9.17) is 5.11 Å². The summed E-state index contributed by atoms with van der Waals surface area (Å²) in [5, 5.41) is 8.77. The van der Waals surface area contributed by atoms with Crippen LogP contribution in [0.25, 0.3) is 0 Å². The Balaban J connectivity index is 1.89. The minimum absolute atomic E-state index is 0.231. The standard InChI is InChI=1S/C12H18FN3O/c13-11-3-1-4-14-12(11)16-8-6-15(7-9-16)5-2-10-17/h1,3-4,17H,2,5-10H2. The second kappa shape index (κ2) is 5.93. The molecule has 4 nitrogen and oxygen atoms in total. The third-order valence-electron chi connectivity index (χ3n) is 3.04. The van der Waals surface area contributed by atoms with Crippen LogP contribution in [0.2, 0.25) is 0 Å². The molecule has 0 aromatic carbocycles. The Morgan fingerprint density at radius 1 is 1.29 bits per heavy atom. The van der Waals surface area contributed by atoms with Crippen LogP contribution in [0, 0.1) is 5.82 Å². The van der Waals surface area contributed by atoms with E-state index in [0.717, 1.165) is 39.1 Å². The number of aliphatic hydroxyl groups excluding tert-OH is 1. The molecule has 1 aliphatic heterocycles. The van der Waals surface area contributed by atoms with Crippen molar-refractivity contribution in [3.63, 3.8) is 0 Å². The van der Waals surface area contributed by atoms with Gasteiger partial charge in [-0.1, -0.05) is 0 Å². The summed E-state index contributed by atoms with van der Waals surface area (Å²) in [5.41, 5.74) is 0. The first kappa shape index (κ1) is 12.3. The van der Waals surface area contributed by atoms with Crippen molar-refractivity contribution in [2.45, 2.75) is 6.42 Å². The first-order valence-corrected chi connectivity index (χ1v) is 6.00. The van der Waals surface area contributed by atoms with Gasteiger partial charge in [-0.25, -0.2) is 9.37 Å². The Morgan fingerprint density at radius 3 is 2.71 bits per heavy atom. The van der Waals surface area contributed by atoms with E-state index >= 15 is 0 Å². The summed E-state index contributed by atoms with van der Waals surface area (Å²) in [6.45, 7) is 4.52. The normalized spacial score (nSPS) is 17.4. The zero-order valence-electron chi connectivity index (χ0n) is 9.85. The zero-order valence-corrected chi connectivity index (χ0v) is 9.85. The number of anilines is 1. The molecule has 5 heteroatoms. The van der Waals surface area contributed by atoms with Gasteiger partial charge in [-0.3, -0.25) is 4.90 Å². The summed E-state index contributed by atoms with van der Waals surface area (Å²) < 4.78 is 13.5. The summed E-state index contributed by atoms with van der Waals surface area (Å²) in [5.74, 6) is 0.200. The van der Waals surface area contributed by atoms with Gasteiger partial charge < -0.3 is 10.0 Å². The van der Waals surface area contributed by atoms with Crippen LogP contribution >= 0.6 is 0 Å². The Morgan fingerprint density at radius 2 is 2.06 bits per heavy atom. The van der Waals surface area contributed by atoms with Gasteiger partial charge >= 0.3 is 0 Å². The van der Waals surface area contributed by atoms with E-state index in [1.165, 1.54) is 6.07 Å². The van der Waals surface area contributed by atoms with E-state index in [-0.39, 0.29) is 12.4 Å². The lowest BCUT2D eigenvalue weighted by Crippen LogP contribution is -2.47. The van der Waals surface area contributed by atoms with Crippen LogP contribution in [0.15, 0.2) is 18.3 Å². The molecule has 1 aromatic heterocycles. The summed E-state index contributed by atoms with van der Waals surface area (Å²) >= 11 is 0. The van der Waals surface area contributed by atoms with Crippen molar-refractivity contribution >= 4 is 5.82 Å². The predicted octanol–water partition coefficient (Wildman–Crippen LogP) is 0.725. The van der Waals surface area contributed by atoms with Crippen LogP contribution in [0.4, 0.5) is 10.2 Å². The summed E-state index contributed by atoms with van der Waals surface area (Å²) in [6.07, 6.45) is 2.43. The first-order valence-electron chi connectivity index (χ1n) is 6.00. The number of piperazine rings is 1. The first-order chi connectivity index (χ1) is 8.31. The number of aromatic nitrogens is 1. The van der Waals surface area contributed by atoms with E-state index in [2.05, 4.69) is 9.88 Å². The molecule has 0 spiro atoms. The number of pyridine rings is 1. The fraction of sp³-hybridized carbons (Fsp3) is 0.583. The average molecular weight is 239 g/mol. The molecule has 0 amide bonds. The topological polar surface area (TPSA) is 39.6 Å². The van der Waals surface area contributed by atoms with Gasteiger partial charge in [0.25, 0.3) is 0 Å². The maximum absolute atomic E-state index is 13.5. The Hall–Kier alpha value is -1.20. The van der Waals surface area contributed by atoms with E-state index in [1.807, 2.05) is 4.90 Å². The highest BCUT2D eigenvalue weighted by Gasteiger charge is 2.19. The summed E-state index contributed by atoms with van der Waals surface area (Å²) in [7, 11) is 0. The number of rotatable bonds is 4. The van der Waals surface area contributed by atoms with E-state index in [1.54, 1.807) is 12.3 Å². The monoisotopic (exact) mass is 239 g/mol. The highest BCUT2D eigenvalue weighted by atomic mass is 19.1. The molecule has 0 aliphatic carbocycles. The second-order valence-electron chi connectivity index (χ2n) is 4.21. The van der Waals surface area contributed by atoms with Crippen molar-refractivity contribution in [3.8, 4) is 0 Å². The minimum atomic E-state index is -0.253. The lowest BCUT2D eigenvalue weighted by molar-refractivity contribution is 0.215. The lowest BCUT2D eigenvalue weighted by atomic mass is 10.3. The highest BCUT2D eigenvalue weighted by Crippen LogP contribution is 2.16. The van der Waals surface area contributed by atoms with Crippen LogP contribution in [0.3, 0.4) is 0 Å². The maximum Gasteiger partial charge on any atom is 0.165 e. The maximum atomic E-state index is 13.5. The van der Waals surface area contributed by atoms with E-state index in [0.29, 0.717) is 5.82 Å². The largest absolute Gasteiger partial charge is 0.396 e. The SMILES string of the molecule is OCCCN1CCN(c2ncccc2F)CC1. The molecule has 2 rings (SSSR count). The molecule has 1 N–H and O–H groups in total. The van der Waals surface area contributed by atoms with E-state index < -0.39 is 0 Å². The fourth-order valence-electron chi connectivity index (χ4n) is 2.09. The molecule has 1 aliphatic rings. The molecular weight excluding hydrogens is 221 g/mol. The van der Waals surface area contributed by atoms with Gasteiger partial charge in [0.15, 0.2) is 11.6 Å². The van der Waals surface area contributed by atoms with Gasteiger partial charge in [0.05, 0.1) is 0 Å². The molecule has 1 fully saturated rings. The number of halogens is 1. The van der Waals surface area contributed by atoms with Crippen LogP contribution in [-0.4, -0.2) is 54.3 Å². The van der Waals surface area contributed by atoms with Crippen molar-refractivity contribution in [1.82, 2.24) is 9.88 Å². The number of aliphatic hydroxyl groups is 1. The lowest BCUT2D eigenvalue weighted by Gasteiger charge is -2.35. The van der Waals surface area contributed by atoms with Gasteiger partial charge in [0.1, 0.15) is 0 Å². The summed E-state index contributed by atoms with van der Waals surface area (Å²) in [6, 6.07) is 3.05. The van der Waals surface area contributed by atoms with Crippen molar-refractivity contribution in [2.24, 2.45) is 0 Å². The molecule has 0 unspecified atom stereocenters. The molecule has 1 saturated heterocycles. The molecule has 0 saturated carbocycles. The molecule has 0 bridgehead atoms. The Kier molecular flexibility index (Phi) is 4.28. The van der Waals surface area contributed by atoms with Crippen LogP contribution in [0.1, 0.15) is 6.42 Å². The molecule has 17 heavy (non-hydrogen) atoms. The van der Waals surface area contributed by atoms with Crippen LogP contribution in [0.5, 0.6) is 0 Å².